The van der Waals surface area contributed by atoms with Crippen molar-refractivity contribution in [3.05, 3.63) is 53.1 Å². The van der Waals surface area contributed by atoms with Crippen LogP contribution in [0.3, 0.4) is 0 Å². The zero-order valence-electron chi connectivity index (χ0n) is 22.5. The normalized spacial score (nSPS) is 16.3. The van der Waals surface area contributed by atoms with E-state index in [1.807, 2.05) is 12.1 Å². The molecule has 1 aliphatic heterocycles. The summed E-state index contributed by atoms with van der Waals surface area (Å²) < 4.78 is 30.4. The van der Waals surface area contributed by atoms with Crippen LogP contribution in [0, 0.1) is 5.82 Å². The minimum atomic E-state index is -0.499. The number of benzene rings is 2. The lowest BCUT2D eigenvalue weighted by atomic mass is 9.92. The molecule has 40 heavy (non-hydrogen) atoms. The van der Waals surface area contributed by atoms with Gasteiger partial charge in [-0.2, -0.15) is 0 Å². The number of aliphatic imine (C=N–C) groups is 1. The number of hydrogen-bond acceptors (Lipinski definition) is 8. The van der Waals surface area contributed by atoms with Crippen molar-refractivity contribution in [2.24, 2.45) is 4.99 Å². The smallest absolute Gasteiger partial charge is 0.242 e. The quantitative estimate of drug-likeness (QED) is 0.252. The molecule has 1 aliphatic rings. The van der Waals surface area contributed by atoms with Gasteiger partial charge in [0, 0.05) is 75.1 Å². The fraction of sp³-hybridized carbons (Fsp3) is 0.407. The summed E-state index contributed by atoms with van der Waals surface area (Å²) in [5.74, 6) is 0.498. The summed E-state index contributed by atoms with van der Waals surface area (Å²) in [6.07, 6.45) is 2.73. The molecule has 1 atom stereocenters. The van der Waals surface area contributed by atoms with E-state index in [-0.39, 0.29) is 50.9 Å². The number of fused-ring (bicyclic) bond motifs is 1. The van der Waals surface area contributed by atoms with E-state index in [0.29, 0.717) is 62.0 Å². The van der Waals surface area contributed by atoms with Crippen molar-refractivity contribution < 1.29 is 23.4 Å². The van der Waals surface area contributed by atoms with Crippen LogP contribution in [0.5, 0.6) is 5.75 Å². The van der Waals surface area contributed by atoms with Gasteiger partial charge in [-0.25, -0.2) is 19.4 Å². The Morgan fingerprint density at radius 3 is 2.62 bits per heavy atom. The van der Waals surface area contributed by atoms with Gasteiger partial charge in [0.15, 0.2) is 0 Å². The van der Waals surface area contributed by atoms with Gasteiger partial charge in [-0.3, -0.25) is 9.69 Å². The molecule has 0 aliphatic carbocycles. The molecule has 0 radical (unpaired) electrons. The van der Waals surface area contributed by atoms with Gasteiger partial charge in [-0.05, 0) is 30.7 Å². The average molecular weight is 706 g/mol. The molecule has 0 spiro atoms. The molecular formula is C27H33Br2ClFN5O4. The Bertz CT molecular complexity index is 1330. The summed E-state index contributed by atoms with van der Waals surface area (Å²) in [7, 11) is 3.30. The highest BCUT2D eigenvalue weighted by Gasteiger charge is 2.30. The molecule has 1 N–H and O–H groups in total. The van der Waals surface area contributed by atoms with E-state index in [0.717, 1.165) is 23.2 Å². The third-order valence-corrected chi connectivity index (χ3v) is 6.60. The first kappa shape index (κ1) is 34.0. The number of nitrogens with zero attached hydrogens (tertiary/aromatic N) is 4. The van der Waals surface area contributed by atoms with Crippen LogP contribution in [0.25, 0.3) is 10.9 Å². The van der Waals surface area contributed by atoms with Gasteiger partial charge in [-0.1, -0.05) is 11.6 Å². The van der Waals surface area contributed by atoms with E-state index in [9.17, 15) is 9.18 Å². The number of rotatable bonds is 10. The number of hydrogen-bond donors (Lipinski definition) is 1. The van der Waals surface area contributed by atoms with Gasteiger partial charge in [0.1, 0.15) is 30.3 Å². The van der Waals surface area contributed by atoms with Crippen LogP contribution in [0.15, 0.2) is 41.7 Å². The first-order valence-electron chi connectivity index (χ1n) is 12.3. The summed E-state index contributed by atoms with van der Waals surface area (Å²) in [6.45, 7) is 4.23. The monoisotopic (exact) mass is 703 g/mol. The molecule has 13 heteroatoms. The second-order valence-electron chi connectivity index (χ2n) is 8.92. The van der Waals surface area contributed by atoms with Crippen LogP contribution in [-0.4, -0.2) is 73.6 Å². The number of likely N-dealkylation sites (tertiary alicyclic amines) is 1. The van der Waals surface area contributed by atoms with E-state index in [1.54, 1.807) is 20.3 Å². The molecule has 1 amide bonds. The molecule has 2 heterocycles. The molecule has 4 rings (SSSR count). The number of anilines is 2. The van der Waals surface area contributed by atoms with Gasteiger partial charge >= 0.3 is 0 Å². The van der Waals surface area contributed by atoms with Crippen molar-refractivity contribution in [3.63, 3.8) is 0 Å². The third-order valence-electron chi connectivity index (χ3n) is 6.31. The van der Waals surface area contributed by atoms with Crippen LogP contribution < -0.4 is 10.1 Å². The highest BCUT2D eigenvalue weighted by Crippen LogP contribution is 2.39. The lowest BCUT2D eigenvalue weighted by Crippen LogP contribution is -2.39. The molecule has 1 saturated heterocycles. The molecule has 1 aromatic heterocycles. The summed E-state index contributed by atoms with van der Waals surface area (Å²) in [6, 6.07) is 8.17. The summed E-state index contributed by atoms with van der Waals surface area (Å²) in [4.78, 5) is 27.3. The summed E-state index contributed by atoms with van der Waals surface area (Å²) in [5, 5.41) is 4.00. The van der Waals surface area contributed by atoms with Crippen LogP contribution in [0.2, 0.25) is 5.02 Å². The van der Waals surface area contributed by atoms with Gasteiger partial charge in [0.2, 0.25) is 5.91 Å². The van der Waals surface area contributed by atoms with E-state index < -0.39 is 5.82 Å². The largest absolute Gasteiger partial charge is 0.491 e. The summed E-state index contributed by atoms with van der Waals surface area (Å²) >= 11 is 5.99. The second-order valence-corrected chi connectivity index (χ2v) is 9.33. The van der Waals surface area contributed by atoms with Crippen LogP contribution >= 0.6 is 45.6 Å². The van der Waals surface area contributed by atoms with Crippen molar-refractivity contribution in [2.75, 3.05) is 52.4 Å². The number of carbonyl (C=O) groups excluding carboxylic acids is 1. The number of piperidine rings is 1. The van der Waals surface area contributed by atoms with Crippen molar-refractivity contribution in [1.82, 2.24) is 14.9 Å². The Morgan fingerprint density at radius 2 is 1.93 bits per heavy atom. The number of carbonyl (C=O) groups is 1. The first-order valence-corrected chi connectivity index (χ1v) is 12.7. The highest BCUT2D eigenvalue weighted by atomic mass is 79.9. The fourth-order valence-corrected chi connectivity index (χ4v) is 4.70. The zero-order chi connectivity index (χ0) is 27.1. The number of ether oxygens (including phenoxy) is 3. The van der Waals surface area contributed by atoms with E-state index in [2.05, 4.69) is 25.2 Å². The SMILES string of the molecule is Br.Br.COCCOc1cc2ncnc(Nc3ccc(F)c(Cl)c3)c2cc1C1CC(=NC(C)=O)CCN1CCOC. The maximum absolute atomic E-state index is 13.7. The molecule has 9 nitrogen and oxygen atoms in total. The molecule has 218 valence electrons. The number of methoxy groups -OCH3 is 2. The van der Waals surface area contributed by atoms with Gasteiger partial charge in [0.25, 0.3) is 0 Å². The molecule has 0 saturated carbocycles. The molecule has 3 aromatic rings. The fourth-order valence-electron chi connectivity index (χ4n) is 4.52. The highest BCUT2D eigenvalue weighted by molar-refractivity contribution is 8.93. The third kappa shape index (κ3) is 8.64. The van der Waals surface area contributed by atoms with Crippen molar-refractivity contribution in [1.29, 1.82) is 0 Å². The zero-order valence-corrected chi connectivity index (χ0v) is 26.7. The second kappa shape index (κ2) is 16.3. The number of amides is 1. The Morgan fingerprint density at radius 1 is 1.15 bits per heavy atom. The Hall–Kier alpha value is -2.22. The predicted octanol–water partition coefficient (Wildman–Crippen LogP) is 6.12. The topological polar surface area (TPSA) is 98.2 Å². The van der Waals surface area contributed by atoms with Crippen LogP contribution in [0.1, 0.15) is 31.4 Å². The molecule has 0 bridgehead atoms. The Labute approximate surface area is 259 Å². The van der Waals surface area contributed by atoms with Gasteiger partial charge in [0.05, 0.1) is 23.8 Å². The minimum absolute atomic E-state index is 0. The van der Waals surface area contributed by atoms with E-state index in [1.165, 1.54) is 25.4 Å². The minimum Gasteiger partial charge on any atom is -0.491 e. The summed E-state index contributed by atoms with van der Waals surface area (Å²) in [5.41, 5.74) is 3.02. The van der Waals surface area contributed by atoms with Gasteiger partial charge in [-0.15, -0.1) is 34.0 Å². The molecule has 1 unspecified atom stereocenters. The lowest BCUT2D eigenvalue weighted by molar-refractivity contribution is -0.115. The number of halogens is 4. The van der Waals surface area contributed by atoms with Crippen molar-refractivity contribution in [3.8, 4) is 5.75 Å². The maximum atomic E-state index is 13.7. The molecule has 2 aromatic carbocycles. The Kier molecular flexibility index (Phi) is 13.8. The Balaban J connectivity index is 0.00000280. The van der Waals surface area contributed by atoms with E-state index in [4.69, 9.17) is 25.8 Å². The van der Waals surface area contributed by atoms with Crippen LogP contribution in [0.4, 0.5) is 15.9 Å². The first-order chi connectivity index (χ1) is 18.4. The van der Waals surface area contributed by atoms with Crippen LogP contribution in [-0.2, 0) is 14.3 Å². The number of nitrogens with one attached hydrogen (secondary N) is 1. The standard InChI is InChI=1S/C27H31ClFN5O4.2BrH/c1-17(35)32-19-6-7-34(8-9-36-2)25(13-19)21-14-20-24(15-26(21)38-11-10-37-3)30-16-31-27(20)33-18-4-5-23(29)22(28)12-18;;/h4-5,12,14-16,25H,6-11,13H2,1-3H3,(H,30,31,33);2*1H. The molecule has 1 fully saturated rings. The molecular weight excluding hydrogens is 673 g/mol. The van der Waals surface area contributed by atoms with E-state index >= 15 is 0 Å². The van der Waals surface area contributed by atoms with Crippen molar-refractivity contribution >= 4 is 79.6 Å². The number of aromatic nitrogens is 2. The van der Waals surface area contributed by atoms with Crippen molar-refractivity contribution in [2.45, 2.75) is 25.8 Å². The lowest BCUT2D eigenvalue weighted by Gasteiger charge is -2.37. The maximum Gasteiger partial charge on any atom is 0.242 e. The average Bonchev–Trinajstić information content (AvgIpc) is 2.89. The van der Waals surface area contributed by atoms with Gasteiger partial charge < -0.3 is 19.5 Å². The predicted molar refractivity (Wildman–Crippen MR) is 166 cm³/mol.